The zero-order valence-corrected chi connectivity index (χ0v) is 19.6. The minimum atomic E-state index is -0.591. The third-order valence-corrected chi connectivity index (χ3v) is 6.69. The lowest BCUT2D eigenvalue weighted by atomic mass is 10.1. The lowest BCUT2D eigenvalue weighted by Crippen LogP contribution is -2.35. The molecule has 2 amide bonds. The normalized spacial score (nSPS) is 10.7. The quantitative estimate of drug-likeness (QED) is 0.525. The smallest absolute Gasteiger partial charge is 0.348 e. The van der Waals surface area contributed by atoms with Gasteiger partial charge in [-0.05, 0) is 38.0 Å². The van der Waals surface area contributed by atoms with Crippen molar-refractivity contribution in [3.8, 4) is 0 Å². The van der Waals surface area contributed by atoms with Crippen molar-refractivity contribution in [2.45, 2.75) is 20.8 Å². The Morgan fingerprint density at radius 2 is 1.71 bits per heavy atom. The minimum absolute atomic E-state index is 0.213. The number of ether oxygens (including phenoxy) is 1. The zero-order chi connectivity index (χ0) is 22.7. The average molecular weight is 461 g/mol. The van der Waals surface area contributed by atoms with Crippen LogP contribution in [0.3, 0.4) is 0 Å². The Morgan fingerprint density at radius 1 is 1.03 bits per heavy atom. The number of aryl methyl sites for hydroxylation is 3. The first-order valence-corrected chi connectivity index (χ1v) is 11.2. The predicted octanol–water partition coefficient (Wildman–Crippen LogP) is 3.26. The van der Waals surface area contributed by atoms with E-state index in [2.05, 4.69) is 15.6 Å². The Labute approximate surface area is 188 Å². The number of rotatable bonds is 7. The van der Waals surface area contributed by atoms with Gasteiger partial charge in [0.15, 0.2) is 11.7 Å². The number of nitrogens with one attached hydrogen (secondary N) is 2. The second-order valence-corrected chi connectivity index (χ2v) is 9.39. The van der Waals surface area contributed by atoms with E-state index in [0.29, 0.717) is 4.88 Å². The summed E-state index contributed by atoms with van der Waals surface area (Å²) < 4.78 is 5.95. The molecule has 0 radical (unpaired) electrons. The van der Waals surface area contributed by atoms with E-state index in [4.69, 9.17) is 4.74 Å². The number of carbonyl (C=O) groups excluding carboxylic acids is 3. The molecule has 0 aliphatic carbocycles. The number of nitrogens with zero attached hydrogens (tertiary/aromatic N) is 2. The number of esters is 1. The number of hydrogen-bond acceptors (Lipinski definition) is 8. The topological polar surface area (TPSA) is 101 Å². The Balaban J connectivity index is 1.47. The fraction of sp³-hybridized carbons (Fsp3) is 0.333. The molecule has 0 unspecified atom stereocenters. The summed E-state index contributed by atoms with van der Waals surface area (Å²) in [6.07, 6.45) is 0. The van der Waals surface area contributed by atoms with Gasteiger partial charge in [0.25, 0.3) is 5.91 Å². The first kappa shape index (κ1) is 22.7. The van der Waals surface area contributed by atoms with Crippen LogP contribution in [0.1, 0.15) is 26.4 Å². The summed E-state index contributed by atoms with van der Waals surface area (Å²) in [4.78, 5) is 43.8. The number of thiophene rings is 1. The maximum absolute atomic E-state index is 12.2. The minimum Gasteiger partial charge on any atom is -0.451 e. The van der Waals surface area contributed by atoms with Gasteiger partial charge in [-0.2, -0.15) is 0 Å². The highest BCUT2D eigenvalue weighted by atomic mass is 32.1. The lowest BCUT2D eigenvalue weighted by molar-refractivity contribution is -0.126. The first-order chi connectivity index (χ1) is 14.6. The number of hydrogen-bond donors (Lipinski definition) is 2. The van der Waals surface area contributed by atoms with Crippen LogP contribution in [0.4, 0.5) is 10.8 Å². The highest BCUT2D eigenvalue weighted by molar-refractivity contribution is 7.29. The van der Waals surface area contributed by atoms with Gasteiger partial charge in [0.2, 0.25) is 5.91 Å². The van der Waals surface area contributed by atoms with Crippen LogP contribution in [0.2, 0.25) is 0 Å². The summed E-state index contributed by atoms with van der Waals surface area (Å²) in [6, 6.07) is 5.67. The molecule has 0 spiro atoms. The maximum atomic E-state index is 12.2. The van der Waals surface area contributed by atoms with Gasteiger partial charge >= 0.3 is 5.97 Å². The second-order valence-electron chi connectivity index (χ2n) is 7.35. The zero-order valence-electron chi connectivity index (χ0n) is 18.0. The van der Waals surface area contributed by atoms with Crippen LogP contribution in [0.5, 0.6) is 0 Å². The number of benzene rings is 1. The summed E-state index contributed by atoms with van der Waals surface area (Å²) in [6.45, 7) is 5.15. The van der Waals surface area contributed by atoms with Crippen molar-refractivity contribution in [1.82, 2.24) is 10.3 Å². The van der Waals surface area contributed by atoms with Gasteiger partial charge in [-0.3, -0.25) is 9.59 Å². The third-order valence-electron chi connectivity index (χ3n) is 4.38. The summed E-state index contributed by atoms with van der Waals surface area (Å²) >= 11 is 2.70. The van der Waals surface area contributed by atoms with Gasteiger partial charge in [-0.15, -0.1) is 11.3 Å². The van der Waals surface area contributed by atoms with Gasteiger partial charge in [-0.25, -0.2) is 9.78 Å². The van der Waals surface area contributed by atoms with Gasteiger partial charge in [0.05, 0.1) is 11.2 Å². The third kappa shape index (κ3) is 5.59. The van der Waals surface area contributed by atoms with Gasteiger partial charge in [0, 0.05) is 19.8 Å². The lowest BCUT2D eigenvalue weighted by Gasteiger charge is -2.13. The molecule has 0 saturated carbocycles. The summed E-state index contributed by atoms with van der Waals surface area (Å²) in [5.41, 5.74) is 3.76. The van der Waals surface area contributed by atoms with Crippen molar-refractivity contribution in [2.24, 2.45) is 0 Å². The van der Waals surface area contributed by atoms with E-state index in [1.54, 1.807) is 6.07 Å². The fourth-order valence-electron chi connectivity index (χ4n) is 3.01. The van der Waals surface area contributed by atoms with Crippen LogP contribution in [0, 0.1) is 20.8 Å². The fourth-order valence-corrected chi connectivity index (χ4v) is 5.04. The maximum Gasteiger partial charge on any atom is 0.348 e. The Hall–Kier alpha value is -2.98. The van der Waals surface area contributed by atoms with Crippen molar-refractivity contribution in [2.75, 3.05) is 37.5 Å². The molecule has 0 atom stereocenters. The predicted molar refractivity (Wildman–Crippen MR) is 124 cm³/mol. The van der Waals surface area contributed by atoms with E-state index < -0.39 is 18.5 Å². The van der Waals surface area contributed by atoms with Gasteiger partial charge in [0.1, 0.15) is 9.71 Å². The molecule has 3 rings (SSSR count). The molecule has 1 aromatic carbocycles. The molecule has 2 N–H and O–H groups in total. The molecule has 2 heterocycles. The highest BCUT2D eigenvalue weighted by Gasteiger charge is 2.17. The molecule has 31 heavy (non-hydrogen) atoms. The molecule has 0 fully saturated rings. The number of thiazole rings is 1. The Kier molecular flexibility index (Phi) is 6.91. The van der Waals surface area contributed by atoms with Crippen LogP contribution in [0.25, 0.3) is 9.53 Å². The molecule has 0 aliphatic rings. The van der Waals surface area contributed by atoms with E-state index in [-0.39, 0.29) is 12.5 Å². The van der Waals surface area contributed by atoms with Crippen molar-refractivity contribution in [3.05, 3.63) is 39.8 Å². The van der Waals surface area contributed by atoms with Crippen molar-refractivity contribution in [1.29, 1.82) is 0 Å². The van der Waals surface area contributed by atoms with Crippen LogP contribution in [-0.4, -0.2) is 50.0 Å². The molecule has 164 valence electrons. The molecule has 0 aliphatic heterocycles. The van der Waals surface area contributed by atoms with Crippen molar-refractivity contribution < 1.29 is 19.1 Å². The standard InChI is InChI=1S/C21H24N4O4S2/c1-11-6-12(2)18(13(3)7-11)23-16(26)9-22-17(27)10-29-20(28)15-8-14-19(30-15)24-21(31-14)25(4)5/h6-8H,9-10H2,1-5H3,(H,22,27)(H,23,26). The number of amides is 2. The molecule has 10 heteroatoms. The Bertz CT molecular complexity index is 1100. The highest BCUT2D eigenvalue weighted by Crippen LogP contribution is 2.34. The van der Waals surface area contributed by atoms with E-state index in [1.807, 2.05) is 51.9 Å². The number of anilines is 2. The first-order valence-electron chi connectivity index (χ1n) is 9.53. The molecule has 0 saturated heterocycles. The van der Waals surface area contributed by atoms with E-state index in [1.165, 1.54) is 22.7 Å². The molecular weight excluding hydrogens is 436 g/mol. The van der Waals surface area contributed by atoms with E-state index in [9.17, 15) is 14.4 Å². The number of aromatic nitrogens is 1. The monoisotopic (exact) mass is 460 g/mol. The van der Waals surface area contributed by atoms with Gasteiger partial charge in [-0.1, -0.05) is 29.0 Å². The molecule has 2 aromatic heterocycles. The number of fused-ring (bicyclic) bond motifs is 1. The van der Waals surface area contributed by atoms with Crippen molar-refractivity contribution >= 4 is 60.8 Å². The summed E-state index contributed by atoms with van der Waals surface area (Å²) in [7, 11) is 3.80. The summed E-state index contributed by atoms with van der Waals surface area (Å²) in [5.74, 6) is -1.49. The molecule has 8 nitrogen and oxygen atoms in total. The molecule has 3 aromatic rings. The van der Waals surface area contributed by atoms with Crippen LogP contribution in [0.15, 0.2) is 18.2 Å². The second kappa shape index (κ2) is 9.44. The van der Waals surface area contributed by atoms with Gasteiger partial charge < -0.3 is 20.3 Å². The molecule has 0 bridgehead atoms. The summed E-state index contributed by atoms with van der Waals surface area (Å²) in [5, 5.41) is 6.12. The van der Waals surface area contributed by atoms with E-state index in [0.717, 1.165) is 37.0 Å². The largest absolute Gasteiger partial charge is 0.451 e. The van der Waals surface area contributed by atoms with E-state index >= 15 is 0 Å². The van der Waals surface area contributed by atoms with Crippen molar-refractivity contribution in [3.63, 3.8) is 0 Å². The average Bonchev–Trinajstić information content (AvgIpc) is 3.26. The number of carbonyl (C=O) groups is 3. The SMILES string of the molecule is Cc1cc(C)c(NC(=O)CNC(=O)COC(=O)c2cc3sc(N(C)C)nc3s2)c(C)c1. The Morgan fingerprint density at radius 3 is 2.32 bits per heavy atom. The van der Waals surface area contributed by atoms with Crippen LogP contribution >= 0.6 is 22.7 Å². The molecular formula is C21H24N4O4S2. The van der Waals surface area contributed by atoms with Crippen LogP contribution in [-0.2, 0) is 14.3 Å². The van der Waals surface area contributed by atoms with Crippen LogP contribution < -0.4 is 15.5 Å².